The van der Waals surface area contributed by atoms with Gasteiger partial charge in [-0.15, -0.1) is 0 Å². The van der Waals surface area contributed by atoms with E-state index < -0.39 is 0 Å². The summed E-state index contributed by atoms with van der Waals surface area (Å²) in [5.74, 6) is 1.66. The molecule has 6 nitrogen and oxygen atoms in total. The molecule has 23 heavy (non-hydrogen) atoms. The third-order valence-corrected chi connectivity index (χ3v) is 4.02. The molecule has 2 aromatic heterocycles. The fourth-order valence-electron chi connectivity index (χ4n) is 2.77. The topological polar surface area (TPSA) is 72.0 Å². The van der Waals surface area contributed by atoms with Crippen molar-refractivity contribution in [2.24, 2.45) is 0 Å². The summed E-state index contributed by atoms with van der Waals surface area (Å²) >= 11 is 0. The molecule has 3 rings (SSSR count). The van der Waals surface area contributed by atoms with Gasteiger partial charge in [0.2, 0.25) is 0 Å². The number of hydrogen-bond acceptors (Lipinski definition) is 6. The standard InChI is InChI=1S/C17H23N5O/c1-2-15(13-5-7-18-8-6-13)22-17-10-16(19-12-20-17)21-14-4-3-9-23-11-14/h5-8,10,12,14-15H,2-4,9,11H2,1H3,(H2,19,20,21,22)/t14-,15+/m1/s1. The monoisotopic (exact) mass is 313 g/mol. The molecular weight excluding hydrogens is 290 g/mol. The quantitative estimate of drug-likeness (QED) is 0.854. The summed E-state index contributed by atoms with van der Waals surface area (Å²) in [4.78, 5) is 12.7. The van der Waals surface area contributed by atoms with Crippen molar-refractivity contribution in [3.8, 4) is 0 Å². The minimum atomic E-state index is 0.207. The summed E-state index contributed by atoms with van der Waals surface area (Å²) in [6.07, 6.45) is 8.39. The molecule has 0 aromatic carbocycles. The van der Waals surface area contributed by atoms with Crippen molar-refractivity contribution in [2.75, 3.05) is 23.8 Å². The van der Waals surface area contributed by atoms with Crippen LogP contribution in [0.3, 0.4) is 0 Å². The van der Waals surface area contributed by atoms with Crippen molar-refractivity contribution in [3.05, 3.63) is 42.5 Å². The van der Waals surface area contributed by atoms with Crippen LogP contribution < -0.4 is 10.6 Å². The van der Waals surface area contributed by atoms with E-state index in [0.717, 1.165) is 44.1 Å². The van der Waals surface area contributed by atoms with Gasteiger partial charge in [0.05, 0.1) is 18.7 Å². The Hall–Kier alpha value is -2.21. The Bertz CT molecular complexity index is 601. The second-order valence-corrected chi connectivity index (χ2v) is 5.73. The maximum atomic E-state index is 5.50. The van der Waals surface area contributed by atoms with Crippen LogP contribution in [-0.2, 0) is 4.74 Å². The molecule has 0 bridgehead atoms. The van der Waals surface area contributed by atoms with Crippen molar-refractivity contribution in [3.63, 3.8) is 0 Å². The highest BCUT2D eigenvalue weighted by molar-refractivity contribution is 5.48. The highest BCUT2D eigenvalue weighted by Crippen LogP contribution is 2.22. The minimum absolute atomic E-state index is 0.207. The Morgan fingerprint density at radius 3 is 2.83 bits per heavy atom. The van der Waals surface area contributed by atoms with Crippen LogP contribution >= 0.6 is 0 Å². The Labute approximate surface area is 136 Å². The van der Waals surface area contributed by atoms with Gasteiger partial charge in [-0.2, -0.15) is 0 Å². The summed E-state index contributed by atoms with van der Waals surface area (Å²) in [5.41, 5.74) is 1.20. The van der Waals surface area contributed by atoms with E-state index in [0.29, 0.717) is 6.04 Å². The average Bonchev–Trinajstić information content (AvgIpc) is 2.62. The van der Waals surface area contributed by atoms with E-state index in [9.17, 15) is 0 Å². The van der Waals surface area contributed by atoms with Crippen molar-refractivity contribution in [1.82, 2.24) is 15.0 Å². The van der Waals surface area contributed by atoms with E-state index in [1.807, 2.05) is 30.6 Å². The van der Waals surface area contributed by atoms with E-state index in [2.05, 4.69) is 32.5 Å². The molecule has 0 spiro atoms. The van der Waals surface area contributed by atoms with E-state index in [-0.39, 0.29) is 6.04 Å². The summed E-state index contributed by atoms with van der Waals surface area (Å²) in [6.45, 7) is 3.75. The largest absolute Gasteiger partial charge is 0.379 e. The fourth-order valence-corrected chi connectivity index (χ4v) is 2.77. The van der Waals surface area contributed by atoms with Crippen LogP contribution in [0, 0.1) is 0 Å². The van der Waals surface area contributed by atoms with Gasteiger partial charge < -0.3 is 15.4 Å². The predicted octanol–water partition coefficient (Wildman–Crippen LogP) is 3.03. The molecule has 0 unspecified atom stereocenters. The molecule has 1 saturated heterocycles. The van der Waals surface area contributed by atoms with Gasteiger partial charge in [0.1, 0.15) is 18.0 Å². The lowest BCUT2D eigenvalue weighted by Crippen LogP contribution is -2.30. The average molecular weight is 313 g/mol. The molecule has 2 N–H and O–H groups in total. The highest BCUT2D eigenvalue weighted by Gasteiger charge is 2.15. The van der Waals surface area contributed by atoms with Crippen LogP contribution in [0.25, 0.3) is 0 Å². The third kappa shape index (κ3) is 4.39. The SMILES string of the molecule is CC[C@H](Nc1cc(N[C@@H]2CCCOC2)ncn1)c1ccncc1. The Kier molecular flexibility index (Phi) is 5.37. The molecule has 0 radical (unpaired) electrons. The molecule has 1 aliphatic heterocycles. The number of pyridine rings is 1. The van der Waals surface area contributed by atoms with Crippen LogP contribution in [0.4, 0.5) is 11.6 Å². The van der Waals surface area contributed by atoms with Gasteiger partial charge in [-0.3, -0.25) is 4.98 Å². The van der Waals surface area contributed by atoms with E-state index >= 15 is 0 Å². The first-order valence-corrected chi connectivity index (χ1v) is 8.18. The molecule has 3 heterocycles. The molecule has 6 heteroatoms. The van der Waals surface area contributed by atoms with E-state index in [1.165, 1.54) is 5.56 Å². The van der Waals surface area contributed by atoms with Crippen molar-refractivity contribution in [2.45, 2.75) is 38.3 Å². The van der Waals surface area contributed by atoms with Crippen molar-refractivity contribution < 1.29 is 4.74 Å². The molecular formula is C17H23N5O. The number of ether oxygens (including phenoxy) is 1. The Morgan fingerprint density at radius 2 is 2.09 bits per heavy atom. The Morgan fingerprint density at radius 1 is 1.26 bits per heavy atom. The maximum absolute atomic E-state index is 5.50. The van der Waals surface area contributed by atoms with Gasteiger partial charge in [-0.1, -0.05) is 6.92 Å². The normalized spacial score (nSPS) is 19.1. The van der Waals surface area contributed by atoms with Crippen LogP contribution in [0.5, 0.6) is 0 Å². The number of hydrogen-bond donors (Lipinski definition) is 2. The molecule has 2 atom stereocenters. The first kappa shape index (κ1) is 15.7. The Balaban J connectivity index is 1.66. The first-order valence-electron chi connectivity index (χ1n) is 8.18. The number of anilines is 2. The zero-order valence-electron chi connectivity index (χ0n) is 13.4. The number of rotatable bonds is 6. The molecule has 1 fully saturated rings. The summed E-state index contributed by atoms with van der Waals surface area (Å²) < 4.78 is 5.50. The molecule has 1 aliphatic rings. The van der Waals surface area contributed by atoms with Gasteiger partial charge >= 0.3 is 0 Å². The number of nitrogens with zero attached hydrogens (tertiary/aromatic N) is 3. The molecule has 0 saturated carbocycles. The molecule has 122 valence electrons. The van der Waals surface area contributed by atoms with Gasteiger partial charge in [0.25, 0.3) is 0 Å². The lowest BCUT2D eigenvalue weighted by atomic mass is 10.1. The molecule has 0 amide bonds. The smallest absolute Gasteiger partial charge is 0.131 e. The highest BCUT2D eigenvalue weighted by atomic mass is 16.5. The number of aromatic nitrogens is 3. The van der Waals surface area contributed by atoms with Crippen LogP contribution in [0.2, 0.25) is 0 Å². The third-order valence-electron chi connectivity index (χ3n) is 4.02. The van der Waals surface area contributed by atoms with E-state index in [1.54, 1.807) is 6.33 Å². The van der Waals surface area contributed by atoms with Gasteiger partial charge in [-0.05, 0) is 37.0 Å². The second kappa shape index (κ2) is 7.87. The van der Waals surface area contributed by atoms with Crippen LogP contribution in [-0.4, -0.2) is 34.2 Å². The zero-order valence-corrected chi connectivity index (χ0v) is 13.4. The van der Waals surface area contributed by atoms with Crippen LogP contribution in [0.1, 0.15) is 37.8 Å². The van der Waals surface area contributed by atoms with Gasteiger partial charge in [-0.25, -0.2) is 9.97 Å². The summed E-state index contributed by atoms with van der Waals surface area (Å²) in [5, 5.41) is 6.90. The van der Waals surface area contributed by atoms with Crippen LogP contribution in [0.15, 0.2) is 36.9 Å². The summed E-state index contributed by atoms with van der Waals surface area (Å²) in [6, 6.07) is 6.55. The summed E-state index contributed by atoms with van der Waals surface area (Å²) in [7, 11) is 0. The zero-order chi connectivity index (χ0) is 15.9. The maximum Gasteiger partial charge on any atom is 0.131 e. The lowest BCUT2D eigenvalue weighted by molar-refractivity contribution is 0.0875. The fraction of sp³-hybridized carbons (Fsp3) is 0.471. The van der Waals surface area contributed by atoms with Crippen molar-refractivity contribution in [1.29, 1.82) is 0 Å². The molecule has 2 aromatic rings. The van der Waals surface area contributed by atoms with Crippen molar-refractivity contribution >= 4 is 11.6 Å². The lowest BCUT2D eigenvalue weighted by Gasteiger charge is -2.24. The minimum Gasteiger partial charge on any atom is -0.379 e. The number of nitrogens with one attached hydrogen (secondary N) is 2. The van der Waals surface area contributed by atoms with E-state index in [4.69, 9.17) is 4.74 Å². The molecule has 0 aliphatic carbocycles. The van der Waals surface area contributed by atoms with Gasteiger partial charge in [0.15, 0.2) is 0 Å². The predicted molar refractivity (Wildman–Crippen MR) is 90.4 cm³/mol. The van der Waals surface area contributed by atoms with Gasteiger partial charge in [0, 0.05) is 25.1 Å². The first-order chi connectivity index (χ1) is 11.3. The second-order valence-electron chi connectivity index (χ2n) is 5.73.